The first-order valence-corrected chi connectivity index (χ1v) is 8.68. The summed E-state index contributed by atoms with van der Waals surface area (Å²) in [4.78, 5) is 21.6. The molecule has 3 aromatic rings. The fourth-order valence-electron chi connectivity index (χ4n) is 2.95. The predicted octanol–water partition coefficient (Wildman–Crippen LogP) is 2.58. The summed E-state index contributed by atoms with van der Waals surface area (Å²) in [5.74, 6) is 6.44. The van der Waals surface area contributed by atoms with Crippen LogP contribution in [0.1, 0.15) is 38.8 Å². The lowest BCUT2D eigenvalue weighted by atomic mass is 10.1. The number of imidazole rings is 1. The Labute approximate surface area is 158 Å². The Hall–Kier alpha value is -3.17. The van der Waals surface area contributed by atoms with Gasteiger partial charge in [0.2, 0.25) is 0 Å². The number of amides is 1. The topological polar surface area (TPSA) is 68.5 Å². The van der Waals surface area contributed by atoms with Crippen LogP contribution in [0.5, 0.6) is 0 Å². The van der Waals surface area contributed by atoms with Crippen LogP contribution in [0.4, 0.5) is 0 Å². The van der Waals surface area contributed by atoms with Gasteiger partial charge >= 0.3 is 0 Å². The molecule has 0 fully saturated rings. The average Bonchev–Trinajstić information content (AvgIpc) is 2.97. The van der Waals surface area contributed by atoms with Crippen molar-refractivity contribution in [1.82, 2.24) is 19.7 Å². The van der Waals surface area contributed by atoms with E-state index in [0.717, 1.165) is 28.3 Å². The highest BCUT2D eigenvalue weighted by atomic mass is 16.5. The molecule has 6 nitrogen and oxygen atoms in total. The standard InChI is InChI=1S/C21H22N4O2/c1-14-12-15(2)25-16(3)24-19(20(25)23-14)21(26)22-13-18-9-7-17(8-10-18)6-5-11-27-4/h7-10,12H,11,13H2,1-4H3,(H,22,26). The maximum Gasteiger partial charge on any atom is 0.274 e. The quantitative estimate of drug-likeness (QED) is 0.725. The summed E-state index contributed by atoms with van der Waals surface area (Å²) < 4.78 is 6.81. The number of hydrogen-bond acceptors (Lipinski definition) is 4. The van der Waals surface area contributed by atoms with Crippen LogP contribution in [-0.2, 0) is 11.3 Å². The summed E-state index contributed by atoms with van der Waals surface area (Å²) in [5.41, 5.74) is 4.70. The molecule has 0 aliphatic heterocycles. The lowest BCUT2D eigenvalue weighted by Gasteiger charge is -2.05. The second-order valence-electron chi connectivity index (χ2n) is 6.32. The zero-order valence-electron chi connectivity index (χ0n) is 16.0. The van der Waals surface area contributed by atoms with E-state index in [4.69, 9.17) is 4.74 Å². The molecule has 0 unspecified atom stereocenters. The van der Waals surface area contributed by atoms with Gasteiger partial charge in [-0.1, -0.05) is 24.0 Å². The molecule has 2 heterocycles. The van der Waals surface area contributed by atoms with Gasteiger partial charge in [0, 0.05) is 30.6 Å². The molecule has 27 heavy (non-hydrogen) atoms. The summed E-state index contributed by atoms with van der Waals surface area (Å²) in [6.07, 6.45) is 0. The van der Waals surface area contributed by atoms with Crippen molar-refractivity contribution in [2.45, 2.75) is 27.3 Å². The fraction of sp³-hybridized carbons (Fsp3) is 0.286. The zero-order chi connectivity index (χ0) is 19.4. The normalized spacial score (nSPS) is 10.5. The van der Waals surface area contributed by atoms with Crippen molar-refractivity contribution in [3.63, 3.8) is 0 Å². The Morgan fingerprint density at radius 3 is 2.63 bits per heavy atom. The monoisotopic (exact) mass is 362 g/mol. The van der Waals surface area contributed by atoms with Gasteiger partial charge in [-0.3, -0.25) is 9.20 Å². The van der Waals surface area contributed by atoms with E-state index in [0.29, 0.717) is 24.5 Å². The van der Waals surface area contributed by atoms with Crippen molar-refractivity contribution in [3.8, 4) is 11.8 Å². The van der Waals surface area contributed by atoms with Crippen LogP contribution in [0, 0.1) is 32.6 Å². The number of ether oxygens (including phenoxy) is 1. The molecule has 1 N–H and O–H groups in total. The minimum absolute atomic E-state index is 0.234. The van der Waals surface area contributed by atoms with Gasteiger partial charge in [-0.25, -0.2) is 9.97 Å². The highest BCUT2D eigenvalue weighted by Gasteiger charge is 2.18. The third-order valence-electron chi connectivity index (χ3n) is 4.14. The van der Waals surface area contributed by atoms with Gasteiger partial charge in [-0.05, 0) is 44.5 Å². The number of hydrogen-bond donors (Lipinski definition) is 1. The first-order chi connectivity index (χ1) is 13.0. The maximum absolute atomic E-state index is 12.6. The molecule has 1 aromatic carbocycles. The van der Waals surface area contributed by atoms with Crippen molar-refractivity contribution < 1.29 is 9.53 Å². The smallest absolute Gasteiger partial charge is 0.274 e. The van der Waals surface area contributed by atoms with E-state index in [-0.39, 0.29) is 5.91 Å². The second-order valence-corrected chi connectivity index (χ2v) is 6.32. The van der Waals surface area contributed by atoms with Crippen molar-refractivity contribution in [1.29, 1.82) is 0 Å². The number of carbonyl (C=O) groups excluding carboxylic acids is 1. The van der Waals surface area contributed by atoms with Crippen LogP contribution in [0.25, 0.3) is 5.65 Å². The highest BCUT2D eigenvalue weighted by molar-refractivity contribution is 5.98. The average molecular weight is 362 g/mol. The molecule has 0 saturated carbocycles. The van der Waals surface area contributed by atoms with E-state index in [2.05, 4.69) is 27.1 Å². The Balaban J connectivity index is 1.73. The molecule has 1 amide bonds. The fourth-order valence-corrected chi connectivity index (χ4v) is 2.95. The number of aryl methyl sites for hydroxylation is 3. The van der Waals surface area contributed by atoms with Crippen LogP contribution in [0.3, 0.4) is 0 Å². The number of aromatic nitrogens is 3. The third kappa shape index (κ3) is 4.15. The molecule has 0 spiro atoms. The molecule has 138 valence electrons. The van der Waals surface area contributed by atoms with E-state index in [1.54, 1.807) is 7.11 Å². The highest BCUT2D eigenvalue weighted by Crippen LogP contribution is 2.15. The summed E-state index contributed by atoms with van der Waals surface area (Å²) >= 11 is 0. The van der Waals surface area contributed by atoms with Gasteiger partial charge in [0.15, 0.2) is 11.3 Å². The van der Waals surface area contributed by atoms with Crippen LogP contribution in [0.2, 0.25) is 0 Å². The van der Waals surface area contributed by atoms with Gasteiger partial charge in [0.1, 0.15) is 12.4 Å². The third-order valence-corrected chi connectivity index (χ3v) is 4.14. The predicted molar refractivity (Wildman–Crippen MR) is 104 cm³/mol. The van der Waals surface area contributed by atoms with Gasteiger partial charge < -0.3 is 10.1 Å². The van der Waals surface area contributed by atoms with Gasteiger partial charge in [-0.15, -0.1) is 0 Å². The molecule has 0 saturated heterocycles. The SMILES string of the molecule is COCC#Cc1ccc(CNC(=O)c2nc(C)n3c(C)cc(C)nc23)cc1. The lowest BCUT2D eigenvalue weighted by Crippen LogP contribution is -2.23. The number of carbonyl (C=O) groups is 1. The van der Waals surface area contributed by atoms with Crippen molar-refractivity contribution in [2.75, 3.05) is 13.7 Å². The minimum Gasteiger partial charge on any atom is -0.372 e. The second kappa shape index (κ2) is 8.02. The van der Waals surface area contributed by atoms with Gasteiger partial charge in [-0.2, -0.15) is 0 Å². The molecular formula is C21H22N4O2. The molecule has 6 heteroatoms. The first kappa shape index (κ1) is 18.6. The van der Waals surface area contributed by atoms with E-state index in [1.165, 1.54) is 0 Å². The molecule has 0 aliphatic carbocycles. The molecule has 0 bridgehead atoms. The lowest BCUT2D eigenvalue weighted by molar-refractivity contribution is 0.0948. The molecule has 2 aromatic heterocycles. The zero-order valence-corrected chi connectivity index (χ0v) is 16.0. The Morgan fingerprint density at radius 2 is 1.93 bits per heavy atom. The van der Waals surface area contributed by atoms with Crippen LogP contribution in [0.15, 0.2) is 30.3 Å². The summed E-state index contributed by atoms with van der Waals surface area (Å²) in [6.45, 7) is 6.58. The van der Waals surface area contributed by atoms with Crippen LogP contribution in [-0.4, -0.2) is 34.0 Å². The number of methoxy groups -OCH3 is 1. The number of nitrogens with zero attached hydrogens (tertiary/aromatic N) is 3. The van der Waals surface area contributed by atoms with Gasteiger partial charge in [0.05, 0.1) is 0 Å². The molecule has 0 aliphatic rings. The number of benzene rings is 1. The van der Waals surface area contributed by atoms with E-state index < -0.39 is 0 Å². The summed E-state index contributed by atoms with van der Waals surface area (Å²) in [7, 11) is 1.61. The largest absolute Gasteiger partial charge is 0.372 e. The molecule has 0 radical (unpaired) electrons. The van der Waals surface area contributed by atoms with Crippen molar-refractivity contribution >= 4 is 11.6 Å². The molecular weight excluding hydrogens is 340 g/mol. The first-order valence-electron chi connectivity index (χ1n) is 8.68. The Morgan fingerprint density at radius 1 is 1.19 bits per heavy atom. The van der Waals surface area contributed by atoms with Gasteiger partial charge in [0.25, 0.3) is 5.91 Å². The Bertz CT molecular complexity index is 1040. The molecule has 3 rings (SSSR count). The number of rotatable bonds is 4. The van der Waals surface area contributed by atoms with E-state index in [1.807, 2.05) is 55.5 Å². The van der Waals surface area contributed by atoms with Crippen LogP contribution >= 0.6 is 0 Å². The van der Waals surface area contributed by atoms with E-state index >= 15 is 0 Å². The Kier molecular flexibility index (Phi) is 5.53. The summed E-state index contributed by atoms with van der Waals surface area (Å²) in [5, 5.41) is 2.92. The number of fused-ring (bicyclic) bond motifs is 1. The van der Waals surface area contributed by atoms with Crippen molar-refractivity contribution in [3.05, 3.63) is 64.4 Å². The maximum atomic E-state index is 12.6. The summed E-state index contributed by atoms with van der Waals surface area (Å²) in [6, 6.07) is 9.71. The number of nitrogens with one attached hydrogen (secondary N) is 1. The van der Waals surface area contributed by atoms with E-state index in [9.17, 15) is 4.79 Å². The molecule has 0 atom stereocenters. The van der Waals surface area contributed by atoms with Crippen molar-refractivity contribution in [2.24, 2.45) is 0 Å². The van der Waals surface area contributed by atoms with Crippen LogP contribution < -0.4 is 5.32 Å². The minimum atomic E-state index is -0.234.